The van der Waals surface area contributed by atoms with Crippen LogP contribution in [0.1, 0.15) is 34.3 Å². The molecule has 3 rings (SSSR count). The second-order valence-electron chi connectivity index (χ2n) is 6.41. The lowest BCUT2D eigenvalue weighted by Crippen LogP contribution is -2.43. The van der Waals surface area contributed by atoms with Gasteiger partial charge in [0, 0.05) is 18.8 Å². The smallest absolute Gasteiger partial charge is 0.257 e. The number of hydrogen-bond donors (Lipinski definition) is 1. The van der Waals surface area contributed by atoms with E-state index in [1.54, 1.807) is 11.0 Å². The molecule has 5 nitrogen and oxygen atoms in total. The van der Waals surface area contributed by atoms with Crippen LogP contribution in [0.25, 0.3) is 0 Å². The number of furan rings is 1. The van der Waals surface area contributed by atoms with Crippen molar-refractivity contribution in [1.82, 2.24) is 4.90 Å². The molecule has 0 aliphatic carbocycles. The van der Waals surface area contributed by atoms with Crippen molar-refractivity contribution in [1.29, 1.82) is 0 Å². The standard InChI is InChI=1S/C19H22N2O3/c1-13-5-6-14(2)17(10-13)20-18(22)15-4-3-8-21(11-15)19(23)16-7-9-24-12-16/h5-7,9-10,12,15H,3-4,8,11H2,1-2H3,(H,20,22). The van der Waals surface area contributed by atoms with E-state index in [9.17, 15) is 9.59 Å². The molecule has 1 saturated heterocycles. The lowest BCUT2D eigenvalue weighted by atomic mass is 9.96. The predicted molar refractivity (Wildman–Crippen MR) is 91.9 cm³/mol. The number of amides is 2. The second-order valence-corrected chi connectivity index (χ2v) is 6.41. The first-order valence-electron chi connectivity index (χ1n) is 8.24. The Hall–Kier alpha value is -2.56. The summed E-state index contributed by atoms with van der Waals surface area (Å²) in [4.78, 5) is 26.8. The van der Waals surface area contributed by atoms with Gasteiger partial charge in [-0.25, -0.2) is 0 Å². The van der Waals surface area contributed by atoms with Gasteiger partial charge in [-0.3, -0.25) is 9.59 Å². The average molecular weight is 326 g/mol. The summed E-state index contributed by atoms with van der Waals surface area (Å²) in [7, 11) is 0. The number of carbonyl (C=O) groups excluding carboxylic acids is 2. The molecule has 5 heteroatoms. The Morgan fingerprint density at radius 3 is 2.83 bits per heavy atom. The van der Waals surface area contributed by atoms with Crippen molar-refractivity contribution < 1.29 is 14.0 Å². The number of rotatable bonds is 3. The van der Waals surface area contributed by atoms with Gasteiger partial charge in [0.1, 0.15) is 6.26 Å². The molecule has 1 N–H and O–H groups in total. The minimum atomic E-state index is -0.186. The number of nitrogens with zero attached hydrogens (tertiary/aromatic N) is 1. The van der Waals surface area contributed by atoms with Gasteiger partial charge in [0.05, 0.1) is 17.7 Å². The number of aryl methyl sites for hydroxylation is 2. The molecule has 24 heavy (non-hydrogen) atoms. The van der Waals surface area contributed by atoms with Crippen LogP contribution in [0.2, 0.25) is 0 Å². The number of hydrogen-bond acceptors (Lipinski definition) is 3. The van der Waals surface area contributed by atoms with E-state index in [0.717, 1.165) is 29.7 Å². The molecule has 1 unspecified atom stereocenters. The first-order valence-corrected chi connectivity index (χ1v) is 8.24. The number of benzene rings is 1. The van der Waals surface area contributed by atoms with Gasteiger partial charge in [0.25, 0.3) is 5.91 Å². The van der Waals surface area contributed by atoms with Gasteiger partial charge in [-0.15, -0.1) is 0 Å². The molecule has 0 saturated carbocycles. The van der Waals surface area contributed by atoms with Gasteiger partial charge < -0.3 is 14.6 Å². The van der Waals surface area contributed by atoms with Crippen LogP contribution in [0.4, 0.5) is 5.69 Å². The van der Waals surface area contributed by atoms with Crippen LogP contribution in [0.15, 0.2) is 41.2 Å². The third-order valence-electron chi connectivity index (χ3n) is 4.50. The molecule has 2 heterocycles. The van der Waals surface area contributed by atoms with Gasteiger partial charge in [-0.2, -0.15) is 0 Å². The lowest BCUT2D eigenvalue weighted by Gasteiger charge is -2.32. The summed E-state index contributed by atoms with van der Waals surface area (Å²) in [6, 6.07) is 7.66. The number of carbonyl (C=O) groups is 2. The number of nitrogens with one attached hydrogen (secondary N) is 1. The Labute approximate surface area is 141 Å². The van der Waals surface area contributed by atoms with Crippen LogP contribution in [0, 0.1) is 19.8 Å². The molecular formula is C19H22N2O3. The van der Waals surface area contributed by atoms with Crippen LogP contribution >= 0.6 is 0 Å². The Balaban J connectivity index is 1.67. The van der Waals surface area contributed by atoms with Crippen LogP contribution in [-0.4, -0.2) is 29.8 Å². The molecule has 126 valence electrons. The fourth-order valence-electron chi connectivity index (χ4n) is 3.05. The number of piperidine rings is 1. The van der Waals surface area contributed by atoms with Gasteiger partial charge >= 0.3 is 0 Å². The first-order chi connectivity index (χ1) is 11.5. The van der Waals surface area contributed by atoms with Crippen LogP contribution in [-0.2, 0) is 4.79 Å². The number of likely N-dealkylation sites (tertiary alicyclic amines) is 1. The fourth-order valence-corrected chi connectivity index (χ4v) is 3.05. The Kier molecular flexibility index (Phi) is 4.69. The maximum Gasteiger partial charge on any atom is 0.257 e. The SMILES string of the molecule is Cc1ccc(C)c(NC(=O)C2CCCN(C(=O)c3ccoc3)C2)c1. The summed E-state index contributed by atoms with van der Waals surface area (Å²) >= 11 is 0. The summed E-state index contributed by atoms with van der Waals surface area (Å²) in [6.45, 7) is 5.10. The predicted octanol–water partition coefficient (Wildman–Crippen LogP) is 3.39. The lowest BCUT2D eigenvalue weighted by molar-refractivity contribution is -0.121. The van der Waals surface area contributed by atoms with Crippen molar-refractivity contribution in [3.63, 3.8) is 0 Å². The van der Waals surface area contributed by atoms with Gasteiger partial charge in [0.2, 0.25) is 5.91 Å². The van der Waals surface area contributed by atoms with E-state index in [-0.39, 0.29) is 17.7 Å². The van der Waals surface area contributed by atoms with Crippen LogP contribution < -0.4 is 5.32 Å². The van der Waals surface area contributed by atoms with Crippen LogP contribution in [0.5, 0.6) is 0 Å². The first kappa shape index (κ1) is 16.3. The third kappa shape index (κ3) is 3.50. The number of anilines is 1. The molecule has 1 fully saturated rings. The Morgan fingerprint density at radius 1 is 1.25 bits per heavy atom. The largest absolute Gasteiger partial charge is 0.472 e. The fraction of sp³-hybridized carbons (Fsp3) is 0.368. The molecule has 1 aromatic carbocycles. The van der Waals surface area contributed by atoms with E-state index < -0.39 is 0 Å². The highest BCUT2D eigenvalue weighted by molar-refractivity contribution is 5.96. The Morgan fingerprint density at radius 2 is 2.08 bits per heavy atom. The average Bonchev–Trinajstić information content (AvgIpc) is 3.12. The minimum absolute atomic E-state index is 0.0200. The quantitative estimate of drug-likeness (QED) is 0.940. The molecule has 0 spiro atoms. The molecular weight excluding hydrogens is 304 g/mol. The van der Waals surface area contributed by atoms with E-state index in [4.69, 9.17) is 4.42 Å². The molecule has 0 radical (unpaired) electrons. The van der Waals surface area contributed by atoms with Crippen molar-refractivity contribution in [2.45, 2.75) is 26.7 Å². The molecule has 0 bridgehead atoms. The topological polar surface area (TPSA) is 62.6 Å². The maximum absolute atomic E-state index is 12.6. The zero-order valence-corrected chi connectivity index (χ0v) is 14.0. The Bertz CT molecular complexity index is 737. The summed E-state index contributed by atoms with van der Waals surface area (Å²) < 4.78 is 4.98. The van der Waals surface area contributed by atoms with E-state index in [1.165, 1.54) is 12.5 Å². The van der Waals surface area contributed by atoms with Gasteiger partial charge in [-0.05, 0) is 49.9 Å². The highest BCUT2D eigenvalue weighted by Gasteiger charge is 2.29. The second kappa shape index (κ2) is 6.91. The van der Waals surface area contributed by atoms with Crippen molar-refractivity contribution in [2.75, 3.05) is 18.4 Å². The van der Waals surface area contributed by atoms with Crippen molar-refractivity contribution >= 4 is 17.5 Å². The maximum atomic E-state index is 12.6. The summed E-state index contributed by atoms with van der Waals surface area (Å²) in [6.07, 6.45) is 4.56. The van der Waals surface area contributed by atoms with Crippen LogP contribution in [0.3, 0.4) is 0 Å². The monoisotopic (exact) mass is 326 g/mol. The summed E-state index contributed by atoms with van der Waals surface area (Å²) in [5.41, 5.74) is 3.52. The summed E-state index contributed by atoms with van der Waals surface area (Å²) in [5.74, 6) is -0.282. The molecule has 2 aromatic rings. The van der Waals surface area contributed by atoms with Crippen molar-refractivity contribution in [3.05, 3.63) is 53.5 Å². The molecule has 1 aromatic heterocycles. The van der Waals surface area contributed by atoms with E-state index in [2.05, 4.69) is 5.32 Å². The third-order valence-corrected chi connectivity index (χ3v) is 4.50. The highest BCUT2D eigenvalue weighted by Crippen LogP contribution is 2.22. The van der Waals surface area contributed by atoms with E-state index in [0.29, 0.717) is 18.7 Å². The molecule has 1 atom stereocenters. The molecule has 1 aliphatic rings. The normalized spacial score (nSPS) is 17.6. The van der Waals surface area contributed by atoms with Crippen molar-refractivity contribution in [3.8, 4) is 0 Å². The molecule has 1 aliphatic heterocycles. The summed E-state index contributed by atoms with van der Waals surface area (Å²) in [5, 5.41) is 3.02. The molecule has 2 amide bonds. The van der Waals surface area contributed by atoms with Gasteiger partial charge in [0.15, 0.2) is 0 Å². The van der Waals surface area contributed by atoms with Gasteiger partial charge in [-0.1, -0.05) is 12.1 Å². The van der Waals surface area contributed by atoms with E-state index >= 15 is 0 Å². The van der Waals surface area contributed by atoms with Crippen molar-refractivity contribution in [2.24, 2.45) is 5.92 Å². The van der Waals surface area contributed by atoms with E-state index in [1.807, 2.05) is 32.0 Å². The zero-order chi connectivity index (χ0) is 17.1. The minimum Gasteiger partial charge on any atom is -0.472 e. The zero-order valence-electron chi connectivity index (χ0n) is 14.0. The highest BCUT2D eigenvalue weighted by atomic mass is 16.3.